The molecular weight excluding hydrogens is 459 g/mol. The summed E-state index contributed by atoms with van der Waals surface area (Å²) in [5.74, 6) is -0.564. The number of hydrogen-bond acceptors (Lipinski definition) is 5. The summed E-state index contributed by atoms with van der Waals surface area (Å²) in [6.45, 7) is 7.60. The van der Waals surface area contributed by atoms with Gasteiger partial charge in [0, 0.05) is 0 Å². The van der Waals surface area contributed by atoms with Crippen LogP contribution in [0.4, 0.5) is 0 Å². The Balaban J connectivity index is 1.92. The van der Waals surface area contributed by atoms with Gasteiger partial charge in [-0.25, -0.2) is 0 Å². The third kappa shape index (κ3) is 5.91. The third-order valence-corrected chi connectivity index (χ3v) is 4.95. The van der Waals surface area contributed by atoms with Crippen LogP contribution in [0.25, 0.3) is 0 Å². The molecule has 6 heteroatoms. The molecule has 0 fully saturated rings. The first-order valence-electron chi connectivity index (χ1n) is 9.58. The minimum absolute atomic E-state index is 0.0765. The first kappa shape index (κ1) is 22.5. The molecular formula is C25H21O5Se. The van der Waals surface area contributed by atoms with Crippen LogP contribution in [0.3, 0.4) is 0 Å². The number of esters is 2. The first-order chi connectivity index (χ1) is 14.6. The number of ether oxygens (including phenoxy) is 2. The molecule has 0 aliphatic heterocycles. The number of hydrogen-bond donors (Lipinski definition) is 0. The van der Waals surface area contributed by atoms with E-state index < -0.39 is 16.6 Å². The van der Waals surface area contributed by atoms with Crippen LogP contribution >= 0.6 is 0 Å². The molecule has 0 heterocycles. The van der Waals surface area contributed by atoms with Crippen LogP contribution in [0, 0.1) is 27.7 Å². The van der Waals surface area contributed by atoms with E-state index >= 15 is 0 Å². The number of rotatable bonds is 5. The van der Waals surface area contributed by atoms with Gasteiger partial charge >= 0.3 is 189 Å². The summed E-state index contributed by atoms with van der Waals surface area (Å²) >= 11 is 2.37. The molecule has 3 aromatic rings. The van der Waals surface area contributed by atoms with Gasteiger partial charge in [0.2, 0.25) is 0 Å². The van der Waals surface area contributed by atoms with E-state index in [4.69, 9.17) is 9.47 Å². The zero-order valence-corrected chi connectivity index (χ0v) is 19.4. The zero-order valence-electron chi connectivity index (χ0n) is 17.6. The first-order valence-corrected chi connectivity index (χ1v) is 10.4. The predicted molar refractivity (Wildman–Crippen MR) is 118 cm³/mol. The van der Waals surface area contributed by atoms with E-state index in [-0.39, 0.29) is 16.7 Å². The van der Waals surface area contributed by atoms with Crippen LogP contribution in [0.1, 0.15) is 53.3 Å². The molecule has 3 rings (SSSR count). The molecule has 0 bridgehead atoms. The van der Waals surface area contributed by atoms with Crippen LogP contribution in [-0.2, 0) is 0 Å². The molecule has 3 aromatic carbocycles. The van der Waals surface area contributed by atoms with E-state index in [1.807, 2.05) is 39.8 Å². The van der Waals surface area contributed by atoms with Crippen molar-refractivity contribution in [2.45, 2.75) is 27.7 Å². The Morgan fingerprint density at radius 2 is 0.871 bits per heavy atom. The number of carbonyl (C=O) groups is 3. The second-order valence-electron chi connectivity index (χ2n) is 7.51. The van der Waals surface area contributed by atoms with E-state index in [1.54, 1.807) is 24.3 Å². The standard InChI is InChI=1S/C25H21O5Se/c1-14-5-15(2)8-21(7-14)29-23(26)18-11-19(13-20(12-18)25(28)31)24(27)30-22-9-16(3)6-17(4)10-22/h5-13H,1-4H3. The third-order valence-electron chi connectivity index (χ3n) is 4.45. The molecule has 0 amide bonds. The molecule has 0 aliphatic rings. The Morgan fingerprint density at radius 3 is 1.19 bits per heavy atom. The predicted octanol–water partition coefficient (Wildman–Crippen LogP) is 4.67. The van der Waals surface area contributed by atoms with Gasteiger partial charge in [0.15, 0.2) is 0 Å². The number of carbonyl (C=O) groups excluding carboxylic acids is 3. The van der Waals surface area contributed by atoms with Crippen molar-refractivity contribution in [3.05, 3.63) is 93.5 Å². The Hall–Kier alpha value is -3.21. The molecule has 1 radical (unpaired) electrons. The van der Waals surface area contributed by atoms with Gasteiger partial charge in [-0.1, -0.05) is 0 Å². The average molecular weight is 480 g/mol. The van der Waals surface area contributed by atoms with Gasteiger partial charge in [0.1, 0.15) is 0 Å². The fourth-order valence-electron chi connectivity index (χ4n) is 3.30. The van der Waals surface area contributed by atoms with Gasteiger partial charge in [-0.05, 0) is 0 Å². The van der Waals surface area contributed by atoms with Crippen molar-refractivity contribution in [2.24, 2.45) is 0 Å². The van der Waals surface area contributed by atoms with Gasteiger partial charge in [-0.15, -0.1) is 0 Å². The molecule has 0 atom stereocenters. The van der Waals surface area contributed by atoms with Gasteiger partial charge in [0.25, 0.3) is 0 Å². The van der Waals surface area contributed by atoms with E-state index in [0.29, 0.717) is 11.5 Å². The Bertz CT molecular complexity index is 1070. The zero-order chi connectivity index (χ0) is 22.7. The molecule has 0 saturated carbocycles. The van der Waals surface area contributed by atoms with E-state index in [1.165, 1.54) is 18.2 Å². The summed E-state index contributed by atoms with van der Waals surface area (Å²) in [5, 5.41) is 0. The molecule has 0 N–H and O–H groups in total. The Morgan fingerprint density at radius 1 is 0.548 bits per heavy atom. The fourth-order valence-corrected chi connectivity index (χ4v) is 3.54. The second-order valence-corrected chi connectivity index (χ2v) is 8.29. The monoisotopic (exact) mass is 481 g/mol. The Labute approximate surface area is 189 Å². The van der Waals surface area contributed by atoms with E-state index in [2.05, 4.69) is 16.0 Å². The summed E-state index contributed by atoms with van der Waals surface area (Å²) in [7, 11) is 0. The molecule has 5 nitrogen and oxygen atoms in total. The second kappa shape index (κ2) is 9.29. The van der Waals surface area contributed by atoms with Crippen molar-refractivity contribution in [3.63, 3.8) is 0 Å². The van der Waals surface area contributed by atoms with E-state index in [0.717, 1.165) is 22.3 Å². The summed E-state index contributed by atoms with van der Waals surface area (Å²) < 4.78 is 10.5. The molecule has 0 spiro atoms. The minimum atomic E-state index is -0.673. The van der Waals surface area contributed by atoms with Crippen molar-refractivity contribution < 1.29 is 23.9 Å². The molecule has 0 aromatic heterocycles. The number of benzene rings is 3. The SMILES string of the molecule is Cc1cc(C)cc(OC(=O)c2cc(C(=O)[Se])cc(C(=O)Oc3cc(C)cc(C)c3)c2)c1. The van der Waals surface area contributed by atoms with Crippen LogP contribution in [-0.4, -0.2) is 32.6 Å². The maximum absolute atomic E-state index is 12.7. The van der Waals surface area contributed by atoms with Gasteiger partial charge in [-0.3, -0.25) is 0 Å². The van der Waals surface area contributed by atoms with E-state index in [9.17, 15) is 14.4 Å². The molecule has 31 heavy (non-hydrogen) atoms. The van der Waals surface area contributed by atoms with Gasteiger partial charge in [-0.2, -0.15) is 0 Å². The topological polar surface area (TPSA) is 69.7 Å². The molecule has 0 aliphatic carbocycles. The molecule has 0 saturated heterocycles. The number of aryl methyl sites for hydroxylation is 4. The fraction of sp³-hybridized carbons (Fsp3) is 0.160. The van der Waals surface area contributed by atoms with Crippen molar-refractivity contribution in [3.8, 4) is 11.5 Å². The normalized spacial score (nSPS) is 10.5. The quantitative estimate of drug-likeness (QED) is 0.302. The van der Waals surface area contributed by atoms with Gasteiger partial charge < -0.3 is 0 Å². The molecule has 157 valence electrons. The van der Waals surface area contributed by atoms with Crippen molar-refractivity contribution in [2.75, 3.05) is 0 Å². The summed E-state index contributed by atoms with van der Waals surface area (Å²) in [4.78, 5) is 37.4. The van der Waals surface area contributed by atoms with Crippen molar-refractivity contribution >= 4 is 32.6 Å². The Kier molecular flexibility index (Phi) is 6.74. The summed E-state index contributed by atoms with van der Waals surface area (Å²) in [5.41, 5.74) is 4.13. The van der Waals surface area contributed by atoms with Crippen molar-refractivity contribution in [1.82, 2.24) is 0 Å². The van der Waals surface area contributed by atoms with Crippen molar-refractivity contribution in [1.29, 1.82) is 0 Å². The van der Waals surface area contributed by atoms with Crippen LogP contribution in [0.2, 0.25) is 0 Å². The maximum atomic E-state index is 12.7. The molecule has 0 unspecified atom stereocenters. The van der Waals surface area contributed by atoms with Crippen LogP contribution < -0.4 is 9.47 Å². The van der Waals surface area contributed by atoms with Crippen LogP contribution in [0.5, 0.6) is 11.5 Å². The summed E-state index contributed by atoms with van der Waals surface area (Å²) in [6.07, 6.45) is 0. The van der Waals surface area contributed by atoms with Gasteiger partial charge in [0.05, 0.1) is 0 Å². The van der Waals surface area contributed by atoms with Crippen LogP contribution in [0.15, 0.2) is 54.6 Å². The average Bonchev–Trinajstić information content (AvgIpc) is 2.65. The summed E-state index contributed by atoms with van der Waals surface area (Å²) in [6, 6.07) is 15.0.